The van der Waals surface area contributed by atoms with Gasteiger partial charge in [0.2, 0.25) is 0 Å². The minimum Gasteiger partial charge on any atom is -0.389 e. The summed E-state index contributed by atoms with van der Waals surface area (Å²) in [5, 5.41) is 13.0. The SMILES string of the molecule is CSCCNCC(O)COC1CCC(C)CC1. The van der Waals surface area contributed by atoms with Gasteiger partial charge in [-0.3, -0.25) is 0 Å². The summed E-state index contributed by atoms with van der Waals surface area (Å²) in [7, 11) is 0. The predicted molar refractivity (Wildman–Crippen MR) is 74.6 cm³/mol. The van der Waals surface area contributed by atoms with E-state index in [9.17, 15) is 5.11 Å². The molecule has 17 heavy (non-hydrogen) atoms. The third-order valence-electron chi connectivity index (χ3n) is 3.35. The third-order valence-corrected chi connectivity index (χ3v) is 3.96. The topological polar surface area (TPSA) is 41.5 Å². The van der Waals surface area contributed by atoms with Gasteiger partial charge in [-0.15, -0.1) is 0 Å². The molecule has 102 valence electrons. The Bertz CT molecular complexity index is 184. The summed E-state index contributed by atoms with van der Waals surface area (Å²) in [6, 6.07) is 0. The Balaban J connectivity index is 1.97. The van der Waals surface area contributed by atoms with Crippen molar-refractivity contribution < 1.29 is 9.84 Å². The largest absolute Gasteiger partial charge is 0.389 e. The Morgan fingerprint density at radius 1 is 1.35 bits per heavy atom. The highest BCUT2D eigenvalue weighted by atomic mass is 32.2. The molecule has 4 heteroatoms. The lowest BCUT2D eigenvalue weighted by Crippen LogP contribution is -2.33. The van der Waals surface area contributed by atoms with Crippen LogP contribution in [-0.2, 0) is 4.74 Å². The lowest BCUT2D eigenvalue weighted by molar-refractivity contribution is -0.0276. The maximum absolute atomic E-state index is 9.74. The second kappa shape index (κ2) is 9.20. The van der Waals surface area contributed by atoms with E-state index in [1.54, 1.807) is 0 Å². The summed E-state index contributed by atoms with van der Waals surface area (Å²) in [5.74, 6) is 1.95. The zero-order valence-electron chi connectivity index (χ0n) is 11.2. The second-order valence-corrected chi connectivity index (χ2v) is 6.05. The highest BCUT2D eigenvalue weighted by Crippen LogP contribution is 2.25. The minimum absolute atomic E-state index is 0.365. The molecule has 0 radical (unpaired) electrons. The monoisotopic (exact) mass is 261 g/mol. The lowest BCUT2D eigenvalue weighted by Gasteiger charge is -2.27. The molecule has 2 N–H and O–H groups in total. The number of hydrogen-bond donors (Lipinski definition) is 2. The number of rotatable bonds is 8. The van der Waals surface area contributed by atoms with Crippen molar-refractivity contribution in [2.24, 2.45) is 5.92 Å². The fourth-order valence-electron chi connectivity index (χ4n) is 2.15. The van der Waals surface area contributed by atoms with Crippen LogP contribution in [0.25, 0.3) is 0 Å². The van der Waals surface area contributed by atoms with Crippen LogP contribution >= 0.6 is 11.8 Å². The molecule has 1 fully saturated rings. The molecule has 1 aliphatic carbocycles. The van der Waals surface area contributed by atoms with Crippen molar-refractivity contribution in [3.63, 3.8) is 0 Å². The smallest absolute Gasteiger partial charge is 0.0897 e. The molecule has 0 spiro atoms. The summed E-state index contributed by atoms with van der Waals surface area (Å²) in [5.41, 5.74) is 0. The molecule has 0 aromatic carbocycles. The molecule has 0 saturated heterocycles. The van der Waals surface area contributed by atoms with Gasteiger partial charge in [-0.1, -0.05) is 6.92 Å². The average Bonchev–Trinajstić information content (AvgIpc) is 2.34. The first-order chi connectivity index (χ1) is 8.22. The Kier molecular flexibility index (Phi) is 8.27. The van der Waals surface area contributed by atoms with E-state index in [1.165, 1.54) is 12.8 Å². The standard InChI is InChI=1S/C13H27NO2S/c1-11-3-5-13(6-4-11)16-10-12(15)9-14-7-8-17-2/h11-15H,3-10H2,1-2H3. The van der Waals surface area contributed by atoms with Crippen molar-refractivity contribution >= 4 is 11.8 Å². The van der Waals surface area contributed by atoms with E-state index in [1.807, 2.05) is 11.8 Å². The predicted octanol–water partition coefficient (Wildman–Crippen LogP) is 1.90. The molecule has 0 bridgehead atoms. The number of ether oxygens (including phenoxy) is 1. The van der Waals surface area contributed by atoms with Crippen molar-refractivity contribution in [3.8, 4) is 0 Å². The van der Waals surface area contributed by atoms with E-state index in [0.717, 1.165) is 31.1 Å². The van der Waals surface area contributed by atoms with Crippen LogP contribution < -0.4 is 5.32 Å². The fourth-order valence-corrected chi connectivity index (χ4v) is 2.49. The van der Waals surface area contributed by atoms with Gasteiger partial charge in [-0.2, -0.15) is 11.8 Å². The molecule has 0 aromatic rings. The van der Waals surface area contributed by atoms with Gasteiger partial charge in [0.05, 0.1) is 18.8 Å². The maximum Gasteiger partial charge on any atom is 0.0897 e. The summed E-state index contributed by atoms with van der Waals surface area (Å²) < 4.78 is 5.75. The van der Waals surface area contributed by atoms with Gasteiger partial charge in [0.15, 0.2) is 0 Å². The van der Waals surface area contributed by atoms with Gasteiger partial charge in [0, 0.05) is 18.8 Å². The van der Waals surface area contributed by atoms with Gasteiger partial charge < -0.3 is 15.2 Å². The molecule has 1 saturated carbocycles. The molecule has 0 amide bonds. The van der Waals surface area contributed by atoms with E-state index < -0.39 is 0 Å². The Morgan fingerprint density at radius 3 is 2.71 bits per heavy atom. The van der Waals surface area contributed by atoms with E-state index in [0.29, 0.717) is 19.3 Å². The molecule has 1 rings (SSSR count). The van der Waals surface area contributed by atoms with Crippen molar-refractivity contribution in [1.82, 2.24) is 5.32 Å². The molecule has 1 unspecified atom stereocenters. The molecule has 0 aromatic heterocycles. The summed E-state index contributed by atoms with van der Waals surface area (Å²) in [6.07, 6.45) is 6.97. The molecule has 1 aliphatic rings. The van der Waals surface area contributed by atoms with Crippen LogP contribution in [0.5, 0.6) is 0 Å². The van der Waals surface area contributed by atoms with Crippen molar-refractivity contribution in [1.29, 1.82) is 0 Å². The van der Waals surface area contributed by atoms with E-state index in [2.05, 4.69) is 18.5 Å². The molecular weight excluding hydrogens is 234 g/mol. The number of nitrogens with one attached hydrogen (secondary N) is 1. The summed E-state index contributed by atoms with van der Waals surface area (Å²) >= 11 is 1.81. The van der Waals surface area contributed by atoms with Crippen LogP contribution in [0.2, 0.25) is 0 Å². The van der Waals surface area contributed by atoms with Crippen LogP contribution in [0.4, 0.5) is 0 Å². The van der Waals surface area contributed by atoms with Crippen molar-refractivity contribution in [2.75, 3.05) is 31.7 Å². The number of hydrogen-bond acceptors (Lipinski definition) is 4. The highest BCUT2D eigenvalue weighted by molar-refractivity contribution is 7.98. The normalized spacial score (nSPS) is 27.0. The molecule has 0 aliphatic heterocycles. The van der Waals surface area contributed by atoms with Crippen LogP contribution in [0.15, 0.2) is 0 Å². The summed E-state index contributed by atoms with van der Waals surface area (Å²) in [4.78, 5) is 0. The van der Waals surface area contributed by atoms with Crippen molar-refractivity contribution in [2.45, 2.75) is 44.8 Å². The van der Waals surface area contributed by atoms with Gasteiger partial charge in [0.25, 0.3) is 0 Å². The molecular formula is C13H27NO2S. The zero-order chi connectivity index (χ0) is 12.5. The lowest BCUT2D eigenvalue weighted by atomic mass is 9.89. The maximum atomic E-state index is 9.74. The minimum atomic E-state index is -0.365. The first kappa shape index (κ1) is 15.3. The van der Waals surface area contributed by atoms with Crippen molar-refractivity contribution in [3.05, 3.63) is 0 Å². The first-order valence-electron chi connectivity index (χ1n) is 6.71. The average molecular weight is 261 g/mol. The molecule has 3 nitrogen and oxygen atoms in total. The molecule has 1 atom stereocenters. The fraction of sp³-hybridized carbons (Fsp3) is 1.00. The Hall–Kier alpha value is 0.230. The van der Waals surface area contributed by atoms with Crippen LogP contribution in [0, 0.1) is 5.92 Å². The number of thioether (sulfide) groups is 1. The highest BCUT2D eigenvalue weighted by Gasteiger charge is 2.19. The number of aliphatic hydroxyl groups excluding tert-OH is 1. The quantitative estimate of drug-likeness (QED) is 0.655. The van der Waals surface area contributed by atoms with E-state index in [-0.39, 0.29) is 6.10 Å². The van der Waals surface area contributed by atoms with Crippen LogP contribution in [0.3, 0.4) is 0 Å². The third kappa shape index (κ3) is 7.29. The second-order valence-electron chi connectivity index (χ2n) is 5.07. The first-order valence-corrected chi connectivity index (χ1v) is 8.11. The zero-order valence-corrected chi connectivity index (χ0v) is 12.0. The van der Waals surface area contributed by atoms with E-state index in [4.69, 9.17) is 4.74 Å². The Morgan fingerprint density at radius 2 is 2.06 bits per heavy atom. The van der Waals surface area contributed by atoms with Gasteiger partial charge in [-0.05, 0) is 37.9 Å². The van der Waals surface area contributed by atoms with Crippen LogP contribution in [-0.4, -0.2) is 49.0 Å². The van der Waals surface area contributed by atoms with Gasteiger partial charge >= 0.3 is 0 Å². The van der Waals surface area contributed by atoms with E-state index >= 15 is 0 Å². The van der Waals surface area contributed by atoms with Gasteiger partial charge in [0.1, 0.15) is 0 Å². The Labute approximate surface area is 110 Å². The summed E-state index contributed by atoms with van der Waals surface area (Å²) in [6.45, 7) is 4.38. The number of aliphatic hydroxyl groups is 1. The van der Waals surface area contributed by atoms with Gasteiger partial charge in [-0.25, -0.2) is 0 Å². The van der Waals surface area contributed by atoms with Crippen LogP contribution in [0.1, 0.15) is 32.6 Å². The molecule has 0 heterocycles.